The molecule has 0 unspecified atom stereocenters. The van der Waals surface area contributed by atoms with Gasteiger partial charge in [-0.2, -0.15) is 0 Å². The van der Waals surface area contributed by atoms with Crippen LogP contribution in [0, 0.1) is 20.8 Å². The van der Waals surface area contributed by atoms with E-state index < -0.39 is 0 Å². The molecule has 0 amide bonds. The van der Waals surface area contributed by atoms with Crippen LogP contribution in [0.15, 0.2) is 54.6 Å². The van der Waals surface area contributed by atoms with Crippen molar-refractivity contribution in [2.24, 2.45) is 0 Å². The van der Waals surface area contributed by atoms with E-state index in [9.17, 15) is 10.2 Å². The minimum absolute atomic E-state index is 0.272. The topological polar surface area (TPSA) is 40.5 Å². The predicted octanol–water partition coefficient (Wildman–Crippen LogP) is 5.36. The maximum atomic E-state index is 9.53. The van der Waals surface area contributed by atoms with Gasteiger partial charge in [0.05, 0.1) is 0 Å². The van der Waals surface area contributed by atoms with Gasteiger partial charge < -0.3 is 10.2 Å². The Balaban J connectivity index is 2.24. The summed E-state index contributed by atoms with van der Waals surface area (Å²) in [6.45, 7) is 6.37. The Hall–Kier alpha value is -2.74. The summed E-state index contributed by atoms with van der Waals surface area (Å²) in [7, 11) is 0. The van der Waals surface area contributed by atoms with Crippen molar-refractivity contribution in [1.29, 1.82) is 0 Å². The van der Waals surface area contributed by atoms with Gasteiger partial charge in [0.2, 0.25) is 0 Å². The lowest BCUT2D eigenvalue weighted by Crippen LogP contribution is -1.95. The summed E-state index contributed by atoms with van der Waals surface area (Å²) in [4.78, 5) is 0. The Kier molecular flexibility index (Phi) is 3.83. The van der Waals surface area contributed by atoms with Crippen LogP contribution in [-0.2, 0) is 0 Å². The maximum Gasteiger partial charge on any atom is 0.115 e. The third kappa shape index (κ3) is 2.80. The Labute approximate surface area is 136 Å². The van der Waals surface area contributed by atoms with E-state index in [1.807, 2.05) is 24.3 Å². The lowest BCUT2D eigenvalue weighted by molar-refractivity contribution is 0.475. The summed E-state index contributed by atoms with van der Waals surface area (Å²) in [6.07, 6.45) is 0. The fourth-order valence-corrected chi connectivity index (χ4v) is 3.05. The first kappa shape index (κ1) is 15.2. The van der Waals surface area contributed by atoms with Gasteiger partial charge in [0.25, 0.3) is 0 Å². The van der Waals surface area contributed by atoms with E-state index in [0.717, 1.165) is 16.7 Å². The van der Waals surface area contributed by atoms with Crippen molar-refractivity contribution in [3.8, 4) is 33.8 Å². The van der Waals surface area contributed by atoms with Gasteiger partial charge in [-0.15, -0.1) is 0 Å². The van der Waals surface area contributed by atoms with Crippen LogP contribution in [0.1, 0.15) is 16.7 Å². The highest BCUT2D eigenvalue weighted by Gasteiger charge is 2.13. The van der Waals surface area contributed by atoms with Crippen molar-refractivity contribution in [3.05, 3.63) is 71.3 Å². The quantitative estimate of drug-likeness (QED) is 0.669. The lowest BCUT2D eigenvalue weighted by Gasteiger charge is -2.18. The van der Waals surface area contributed by atoms with Crippen molar-refractivity contribution >= 4 is 0 Å². The van der Waals surface area contributed by atoms with Gasteiger partial charge in [-0.05, 0) is 84.0 Å². The van der Waals surface area contributed by atoms with Gasteiger partial charge in [0, 0.05) is 0 Å². The zero-order valence-electron chi connectivity index (χ0n) is 13.6. The molecule has 0 aliphatic rings. The van der Waals surface area contributed by atoms with Crippen LogP contribution in [0.3, 0.4) is 0 Å². The van der Waals surface area contributed by atoms with Gasteiger partial charge in [0.1, 0.15) is 11.5 Å². The molecule has 0 bridgehead atoms. The smallest absolute Gasteiger partial charge is 0.115 e. The van der Waals surface area contributed by atoms with E-state index in [1.54, 1.807) is 24.3 Å². The highest BCUT2D eigenvalue weighted by molar-refractivity contribution is 5.82. The zero-order valence-corrected chi connectivity index (χ0v) is 13.6. The Morgan fingerprint density at radius 2 is 1.09 bits per heavy atom. The largest absolute Gasteiger partial charge is 0.508 e. The van der Waals surface area contributed by atoms with Crippen molar-refractivity contribution in [1.82, 2.24) is 0 Å². The molecule has 0 atom stereocenters. The molecule has 116 valence electrons. The Bertz CT molecular complexity index is 845. The van der Waals surface area contributed by atoms with E-state index >= 15 is 0 Å². The lowest BCUT2D eigenvalue weighted by atomic mass is 9.87. The monoisotopic (exact) mass is 304 g/mol. The number of phenols is 2. The molecule has 0 fully saturated rings. The second-order valence-electron chi connectivity index (χ2n) is 5.96. The van der Waals surface area contributed by atoms with Gasteiger partial charge >= 0.3 is 0 Å². The summed E-state index contributed by atoms with van der Waals surface area (Å²) >= 11 is 0. The molecule has 0 radical (unpaired) electrons. The summed E-state index contributed by atoms with van der Waals surface area (Å²) in [5.41, 5.74) is 8.22. The molecule has 3 rings (SSSR count). The highest BCUT2D eigenvalue weighted by Crippen LogP contribution is 2.37. The number of hydrogen-bond acceptors (Lipinski definition) is 2. The first-order chi connectivity index (χ1) is 11.0. The molecule has 0 aromatic heterocycles. The van der Waals surface area contributed by atoms with Gasteiger partial charge in [0.15, 0.2) is 0 Å². The van der Waals surface area contributed by atoms with E-state index in [1.165, 1.54) is 22.3 Å². The number of benzene rings is 3. The molecule has 0 saturated carbocycles. The molecule has 23 heavy (non-hydrogen) atoms. The van der Waals surface area contributed by atoms with E-state index in [0.29, 0.717) is 0 Å². The summed E-state index contributed by atoms with van der Waals surface area (Å²) < 4.78 is 0. The summed E-state index contributed by atoms with van der Waals surface area (Å²) in [5, 5.41) is 19.0. The minimum atomic E-state index is 0.272. The van der Waals surface area contributed by atoms with E-state index in [4.69, 9.17) is 0 Å². The molecule has 3 aromatic carbocycles. The second-order valence-corrected chi connectivity index (χ2v) is 5.96. The SMILES string of the molecule is Cc1cc(-c2ccc(O)cc2)c(C)c(-c2ccc(O)cc2)c1C. The summed E-state index contributed by atoms with van der Waals surface area (Å²) in [6, 6.07) is 16.8. The predicted molar refractivity (Wildman–Crippen MR) is 94.9 cm³/mol. The van der Waals surface area contributed by atoms with Gasteiger partial charge in [-0.1, -0.05) is 30.3 Å². The molecule has 2 heteroatoms. The van der Waals surface area contributed by atoms with Crippen molar-refractivity contribution in [3.63, 3.8) is 0 Å². The molecule has 0 aliphatic carbocycles. The van der Waals surface area contributed by atoms with Crippen molar-refractivity contribution in [2.45, 2.75) is 20.8 Å². The number of aromatic hydroxyl groups is 2. The van der Waals surface area contributed by atoms with Gasteiger partial charge in [-0.3, -0.25) is 0 Å². The third-order valence-corrected chi connectivity index (χ3v) is 4.44. The Morgan fingerprint density at radius 3 is 1.61 bits per heavy atom. The third-order valence-electron chi connectivity index (χ3n) is 4.44. The highest BCUT2D eigenvalue weighted by atomic mass is 16.3. The van der Waals surface area contributed by atoms with Crippen LogP contribution in [0.4, 0.5) is 0 Å². The fraction of sp³-hybridized carbons (Fsp3) is 0.143. The van der Waals surface area contributed by atoms with Crippen molar-refractivity contribution < 1.29 is 10.2 Å². The molecule has 2 nitrogen and oxygen atoms in total. The number of aryl methyl sites for hydroxylation is 1. The van der Waals surface area contributed by atoms with Crippen LogP contribution in [0.5, 0.6) is 11.5 Å². The van der Waals surface area contributed by atoms with Crippen LogP contribution < -0.4 is 0 Å². The normalized spacial score (nSPS) is 10.7. The van der Waals surface area contributed by atoms with Crippen LogP contribution >= 0.6 is 0 Å². The molecular weight excluding hydrogens is 284 g/mol. The van der Waals surface area contributed by atoms with Crippen LogP contribution in [0.25, 0.3) is 22.3 Å². The minimum Gasteiger partial charge on any atom is -0.508 e. The number of rotatable bonds is 2. The second kappa shape index (κ2) is 5.81. The summed E-state index contributed by atoms with van der Waals surface area (Å²) in [5.74, 6) is 0.546. The molecule has 0 spiro atoms. The maximum absolute atomic E-state index is 9.53. The molecular formula is C21H20O2. The van der Waals surface area contributed by atoms with E-state index in [2.05, 4.69) is 26.8 Å². The molecule has 0 heterocycles. The molecule has 0 saturated heterocycles. The zero-order chi connectivity index (χ0) is 16.6. The average molecular weight is 304 g/mol. The van der Waals surface area contributed by atoms with Crippen LogP contribution in [0.2, 0.25) is 0 Å². The first-order valence-electron chi connectivity index (χ1n) is 7.67. The number of phenolic OH excluding ortho intramolecular Hbond substituents is 2. The fourth-order valence-electron chi connectivity index (χ4n) is 3.05. The Morgan fingerprint density at radius 1 is 0.609 bits per heavy atom. The standard InChI is InChI=1S/C21H20O2/c1-13-12-20(16-4-8-18(22)9-5-16)15(3)21(14(13)2)17-6-10-19(23)11-7-17/h4-12,22-23H,1-3H3. The van der Waals surface area contributed by atoms with Gasteiger partial charge in [-0.25, -0.2) is 0 Å². The van der Waals surface area contributed by atoms with Crippen molar-refractivity contribution in [2.75, 3.05) is 0 Å². The average Bonchev–Trinajstić information content (AvgIpc) is 2.54. The molecule has 0 aliphatic heterocycles. The first-order valence-corrected chi connectivity index (χ1v) is 7.67. The number of hydrogen-bond donors (Lipinski definition) is 2. The van der Waals surface area contributed by atoms with Crippen LogP contribution in [-0.4, -0.2) is 10.2 Å². The molecule has 3 aromatic rings. The molecule has 2 N–H and O–H groups in total. The van der Waals surface area contributed by atoms with E-state index in [-0.39, 0.29) is 11.5 Å².